The number of fused-ring (bicyclic) bond motifs is 1. The first-order chi connectivity index (χ1) is 9.70. The fraction of sp³-hybridized carbons (Fsp3) is 0. The molecule has 0 spiro atoms. The van der Waals surface area contributed by atoms with E-state index in [0.717, 1.165) is 26.8 Å². The van der Waals surface area contributed by atoms with Gasteiger partial charge in [-0.25, -0.2) is 4.79 Å². The Morgan fingerprint density at radius 2 is 1.65 bits per heavy atom. The van der Waals surface area contributed by atoms with Gasteiger partial charge in [0.25, 0.3) is 0 Å². The third-order valence-corrected chi connectivity index (χ3v) is 3.44. The lowest BCUT2D eigenvalue weighted by atomic mass is 10.2. The van der Waals surface area contributed by atoms with Crippen LogP contribution in [-0.4, -0.2) is 11.0 Å². The van der Waals surface area contributed by atoms with Gasteiger partial charge in [0.05, 0.1) is 0 Å². The molecule has 0 fully saturated rings. The van der Waals surface area contributed by atoms with Crippen LogP contribution in [-0.2, 0) is 0 Å². The summed E-state index contributed by atoms with van der Waals surface area (Å²) >= 11 is 3.35. The van der Waals surface area contributed by atoms with Crippen molar-refractivity contribution in [1.29, 1.82) is 0 Å². The minimum atomic E-state index is -0.262. The SMILES string of the molecule is O=C(Nc1ccc(Br)cc1)Nc1ccc2[nH]ccc2c1. The second-order valence-corrected chi connectivity index (χ2v) is 5.28. The number of rotatable bonds is 2. The molecule has 0 bridgehead atoms. The number of hydrogen-bond donors (Lipinski definition) is 3. The summed E-state index contributed by atoms with van der Waals surface area (Å²) in [4.78, 5) is 15.0. The molecular weight excluding hydrogens is 318 g/mol. The number of aromatic amines is 1. The lowest BCUT2D eigenvalue weighted by Gasteiger charge is -2.08. The summed E-state index contributed by atoms with van der Waals surface area (Å²) < 4.78 is 0.973. The molecule has 0 aliphatic heterocycles. The Morgan fingerprint density at radius 3 is 2.45 bits per heavy atom. The average molecular weight is 330 g/mol. The van der Waals surface area contributed by atoms with Gasteiger partial charge in [-0.3, -0.25) is 0 Å². The van der Waals surface area contributed by atoms with Crippen LogP contribution in [0.15, 0.2) is 59.2 Å². The van der Waals surface area contributed by atoms with E-state index in [1.807, 2.05) is 54.7 Å². The molecule has 3 aromatic rings. The van der Waals surface area contributed by atoms with Crippen molar-refractivity contribution in [3.05, 3.63) is 59.2 Å². The average Bonchev–Trinajstić information content (AvgIpc) is 2.89. The van der Waals surface area contributed by atoms with Crippen LogP contribution in [0.25, 0.3) is 10.9 Å². The maximum absolute atomic E-state index is 11.9. The molecule has 20 heavy (non-hydrogen) atoms. The highest BCUT2D eigenvalue weighted by Crippen LogP contribution is 2.18. The van der Waals surface area contributed by atoms with Crippen LogP contribution in [0.3, 0.4) is 0 Å². The number of amides is 2. The molecule has 1 aromatic heterocycles. The van der Waals surface area contributed by atoms with Crippen molar-refractivity contribution < 1.29 is 4.79 Å². The van der Waals surface area contributed by atoms with E-state index >= 15 is 0 Å². The van der Waals surface area contributed by atoms with Crippen molar-refractivity contribution in [2.24, 2.45) is 0 Å². The monoisotopic (exact) mass is 329 g/mol. The Morgan fingerprint density at radius 1 is 0.950 bits per heavy atom. The normalized spacial score (nSPS) is 10.4. The van der Waals surface area contributed by atoms with Crippen LogP contribution in [0, 0.1) is 0 Å². The quantitative estimate of drug-likeness (QED) is 0.633. The van der Waals surface area contributed by atoms with E-state index in [1.54, 1.807) is 0 Å². The van der Waals surface area contributed by atoms with Crippen LogP contribution < -0.4 is 10.6 Å². The Labute approximate surface area is 124 Å². The number of urea groups is 1. The molecule has 1 heterocycles. The van der Waals surface area contributed by atoms with Gasteiger partial charge >= 0.3 is 6.03 Å². The first kappa shape index (κ1) is 12.7. The van der Waals surface area contributed by atoms with Gasteiger partial charge in [-0.1, -0.05) is 15.9 Å². The van der Waals surface area contributed by atoms with Gasteiger partial charge in [-0.05, 0) is 48.5 Å². The Kier molecular flexibility index (Phi) is 3.43. The van der Waals surface area contributed by atoms with Gasteiger partial charge in [0.2, 0.25) is 0 Å². The number of halogens is 1. The number of hydrogen-bond acceptors (Lipinski definition) is 1. The standard InChI is InChI=1S/C15H12BrN3O/c16-11-1-3-12(4-2-11)18-15(20)19-13-5-6-14-10(9-13)7-8-17-14/h1-9,17H,(H2,18,19,20). The highest BCUT2D eigenvalue weighted by molar-refractivity contribution is 9.10. The highest BCUT2D eigenvalue weighted by Gasteiger charge is 2.03. The first-order valence-corrected chi connectivity index (χ1v) is 6.91. The number of carbonyl (C=O) groups is 1. The predicted octanol–water partition coefficient (Wildman–Crippen LogP) is 4.57. The number of anilines is 2. The zero-order chi connectivity index (χ0) is 13.9. The Bertz CT molecular complexity index is 749. The van der Waals surface area contributed by atoms with Crippen LogP contribution in [0.1, 0.15) is 0 Å². The maximum atomic E-state index is 11.9. The van der Waals surface area contributed by atoms with Gasteiger partial charge in [0.15, 0.2) is 0 Å². The van der Waals surface area contributed by atoms with Gasteiger partial charge in [-0.2, -0.15) is 0 Å². The smallest absolute Gasteiger partial charge is 0.323 e. The van der Waals surface area contributed by atoms with Crippen molar-refractivity contribution in [3.63, 3.8) is 0 Å². The van der Waals surface area contributed by atoms with Crippen molar-refractivity contribution in [2.45, 2.75) is 0 Å². The molecule has 0 aliphatic carbocycles. The van der Waals surface area contributed by atoms with E-state index in [1.165, 1.54) is 0 Å². The molecule has 4 nitrogen and oxygen atoms in total. The van der Waals surface area contributed by atoms with Gasteiger partial charge in [0, 0.05) is 32.9 Å². The molecule has 3 N–H and O–H groups in total. The number of aromatic nitrogens is 1. The third kappa shape index (κ3) is 2.83. The van der Waals surface area contributed by atoms with E-state index in [2.05, 4.69) is 31.5 Å². The molecule has 3 rings (SSSR count). The topological polar surface area (TPSA) is 56.9 Å². The molecule has 0 aliphatic rings. The van der Waals surface area contributed by atoms with E-state index in [4.69, 9.17) is 0 Å². The highest BCUT2D eigenvalue weighted by atomic mass is 79.9. The van der Waals surface area contributed by atoms with Crippen molar-refractivity contribution >= 4 is 44.2 Å². The van der Waals surface area contributed by atoms with E-state index in [-0.39, 0.29) is 6.03 Å². The number of carbonyl (C=O) groups excluding carboxylic acids is 1. The molecule has 5 heteroatoms. The van der Waals surface area contributed by atoms with Gasteiger partial charge < -0.3 is 15.6 Å². The zero-order valence-corrected chi connectivity index (χ0v) is 12.1. The molecule has 0 atom stereocenters. The summed E-state index contributed by atoms with van der Waals surface area (Å²) in [5.41, 5.74) is 2.55. The molecule has 100 valence electrons. The first-order valence-electron chi connectivity index (χ1n) is 6.11. The fourth-order valence-electron chi connectivity index (χ4n) is 1.96. The number of H-pyrrole nitrogens is 1. The molecule has 0 saturated heterocycles. The van der Waals surface area contributed by atoms with E-state index in [0.29, 0.717) is 0 Å². The van der Waals surface area contributed by atoms with Crippen molar-refractivity contribution in [2.75, 3.05) is 10.6 Å². The summed E-state index contributed by atoms with van der Waals surface area (Å²) in [5, 5.41) is 6.65. The third-order valence-electron chi connectivity index (χ3n) is 2.91. The number of nitrogens with one attached hydrogen (secondary N) is 3. The molecule has 0 radical (unpaired) electrons. The van der Waals surface area contributed by atoms with E-state index in [9.17, 15) is 4.79 Å². The van der Waals surface area contributed by atoms with Crippen LogP contribution in [0.4, 0.5) is 16.2 Å². The maximum Gasteiger partial charge on any atom is 0.323 e. The molecular formula is C15H12BrN3O. The van der Waals surface area contributed by atoms with Gasteiger partial charge in [-0.15, -0.1) is 0 Å². The van der Waals surface area contributed by atoms with Gasteiger partial charge in [0.1, 0.15) is 0 Å². The lowest BCUT2D eigenvalue weighted by molar-refractivity contribution is 0.262. The fourth-order valence-corrected chi connectivity index (χ4v) is 2.22. The number of benzene rings is 2. The summed E-state index contributed by atoms with van der Waals surface area (Å²) in [6.45, 7) is 0. The largest absolute Gasteiger partial charge is 0.361 e. The Balaban J connectivity index is 1.70. The molecule has 0 saturated carbocycles. The summed E-state index contributed by atoms with van der Waals surface area (Å²) in [7, 11) is 0. The molecule has 0 unspecified atom stereocenters. The second kappa shape index (κ2) is 5.38. The van der Waals surface area contributed by atoms with Crippen molar-refractivity contribution in [3.8, 4) is 0 Å². The lowest BCUT2D eigenvalue weighted by Crippen LogP contribution is -2.19. The minimum Gasteiger partial charge on any atom is -0.361 e. The predicted molar refractivity (Wildman–Crippen MR) is 85.1 cm³/mol. The minimum absolute atomic E-state index is 0.262. The summed E-state index contributed by atoms with van der Waals surface area (Å²) in [6, 6.07) is 14.8. The van der Waals surface area contributed by atoms with E-state index < -0.39 is 0 Å². The summed E-state index contributed by atoms with van der Waals surface area (Å²) in [5.74, 6) is 0. The Hall–Kier alpha value is -2.27. The summed E-state index contributed by atoms with van der Waals surface area (Å²) in [6.07, 6.45) is 1.87. The van der Waals surface area contributed by atoms with Crippen LogP contribution >= 0.6 is 15.9 Å². The second-order valence-electron chi connectivity index (χ2n) is 4.37. The van der Waals surface area contributed by atoms with Crippen molar-refractivity contribution in [1.82, 2.24) is 4.98 Å². The zero-order valence-electron chi connectivity index (χ0n) is 10.5. The molecule has 2 aromatic carbocycles. The van der Waals surface area contributed by atoms with Crippen LogP contribution in [0.5, 0.6) is 0 Å². The van der Waals surface area contributed by atoms with Crippen LogP contribution in [0.2, 0.25) is 0 Å². The molecule has 2 amide bonds.